The van der Waals surface area contributed by atoms with Gasteiger partial charge in [-0.05, 0) is 43.2 Å². The second kappa shape index (κ2) is 7.32. The lowest BCUT2D eigenvalue weighted by Gasteiger charge is -2.22. The van der Waals surface area contributed by atoms with E-state index in [0.29, 0.717) is 5.92 Å². The van der Waals surface area contributed by atoms with Crippen LogP contribution in [0.15, 0.2) is 18.2 Å². The van der Waals surface area contributed by atoms with Crippen molar-refractivity contribution >= 4 is 11.7 Å². The molecule has 0 bridgehead atoms. The minimum Gasteiger partial charge on any atom is -0.338 e. The van der Waals surface area contributed by atoms with E-state index >= 15 is 0 Å². The molecule has 1 aromatic rings. The minimum absolute atomic E-state index is 0.0698. The molecule has 0 unspecified atom stereocenters. The van der Waals surface area contributed by atoms with Gasteiger partial charge in [0.05, 0.1) is 0 Å². The largest absolute Gasteiger partial charge is 0.338 e. The van der Waals surface area contributed by atoms with Gasteiger partial charge in [-0.1, -0.05) is 44.4 Å². The molecule has 3 nitrogen and oxygen atoms in total. The van der Waals surface area contributed by atoms with Gasteiger partial charge >= 0.3 is 6.03 Å². The SMILES string of the molecule is CCc1cccc(C)c1NC(=O)NCC1CCCCC1. The van der Waals surface area contributed by atoms with Gasteiger partial charge < -0.3 is 10.6 Å². The van der Waals surface area contributed by atoms with Crippen molar-refractivity contribution in [3.63, 3.8) is 0 Å². The molecule has 110 valence electrons. The number of amides is 2. The number of para-hydroxylation sites is 1. The first-order valence-electron chi connectivity index (χ1n) is 7.84. The third-order valence-electron chi connectivity index (χ3n) is 4.25. The Balaban J connectivity index is 1.88. The summed E-state index contributed by atoms with van der Waals surface area (Å²) in [6.45, 7) is 4.95. The lowest BCUT2D eigenvalue weighted by atomic mass is 9.89. The van der Waals surface area contributed by atoms with Gasteiger partial charge in [-0.15, -0.1) is 0 Å². The van der Waals surface area contributed by atoms with E-state index in [1.807, 2.05) is 19.1 Å². The molecule has 0 saturated heterocycles. The Kier molecular flexibility index (Phi) is 5.45. The van der Waals surface area contributed by atoms with Gasteiger partial charge in [-0.25, -0.2) is 4.79 Å². The Hall–Kier alpha value is -1.51. The van der Waals surface area contributed by atoms with Crippen LogP contribution >= 0.6 is 0 Å². The number of urea groups is 1. The maximum Gasteiger partial charge on any atom is 0.319 e. The Morgan fingerprint density at radius 3 is 2.70 bits per heavy atom. The molecule has 1 fully saturated rings. The number of anilines is 1. The number of hydrogen-bond acceptors (Lipinski definition) is 1. The van der Waals surface area contributed by atoms with E-state index in [1.165, 1.54) is 37.7 Å². The summed E-state index contributed by atoms with van der Waals surface area (Å²) in [5.74, 6) is 0.664. The first-order valence-corrected chi connectivity index (χ1v) is 7.84. The summed E-state index contributed by atoms with van der Waals surface area (Å²) >= 11 is 0. The van der Waals surface area contributed by atoms with Crippen LogP contribution in [0.1, 0.15) is 50.2 Å². The van der Waals surface area contributed by atoms with Crippen LogP contribution in [0.4, 0.5) is 10.5 Å². The van der Waals surface area contributed by atoms with Gasteiger partial charge in [0, 0.05) is 12.2 Å². The quantitative estimate of drug-likeness (QED) is 0.846. The molecular weight excluding hydrogens is 248 g/mol. The fourth-order valence-electron chi connectivity index (χ4n) is 2.99. The maximum atomic E-state index is 12.1. The van der Waals surface area contributed by atoms with Gasteiger partial charge in [-0.2, -0.15) is 0 Å². The van der Waals surface area contributed by atoms with E-state index in [4.69, 9.17) is 0 Å². The van der Waals surface area contributed by atoms with Gasteiger partial charge in [0.15, 0.2) is 0 Å². The molecule has 3 heteroatoms. The van der Waals surface area contributed by atoms with Gasteiger partial charge in [0.2, 0.25) is 0 Å². The first kappa shape index (κ1) is 14.9. The van der Waals surface area contributed by atoms with Crippen molar-refractivity contribution in [1.29, 1.82) is 0 Å². The monoisotopic (exact) mass is 274 g/mol. The first-order chi connectivity index (χ1) is 9.70. The summed E-state index contributed by atoms with van der Waals surface area (Å²) in [5.41, 5.74) is 3.28. The maximum absolute atomic E-state index is 12.1. The fraction of sp³-hybridized carbons (Fsp3) is 0.588. The van der Waals surface area contributed by atoms with Crippen molar-refractivity contribution in [3.8, 4) is 0 Å². The van der Waals surface area contributed by atoms with Gasteiger partial charge in [0.25, 0.3) is 0 Å². The summed E-state index contributed by atoms with van der Waals surface area (Å²) in [7, 11) is 0. The zero-order valence-electron chi connectivity index (χ0n) is 12.7. The molecule has 2 N–H and O–H groups in total. The molecule has 2 rings (SSSR count). The summed E-state index contributed by atoms with van der Waals surface area (Å²) < 4.78 is 0. The molecule has 0 atom stereocenters. The number of aryl methyl sites for hydroxylation is 2. The Morgan fingerprint density at radius 2 is 2.00 bits per heavy atom. The Labute approximate surface area is 122 Å². The minimum atomic E-state index is -0.0698. The zero-order chi connectivity index (χ0) is 14.4. The highest BCUT2D eigenvalue weighted by molar-refractivity contribution is 5.91. The fourth-order valence-corrected chi connectivity index (χ4v) is 2.99. The van der Waals surface area contributed by atoms with E-state index in [9.17, 15) is 4.79 Å². The highest BCUT2D eigenvalue weighted by Crippen LogP contribution is 2.23. The molecule has 1 aliphatic carbocycles. The summed E-state index contributed by atoms with van der Waals surface area (Å²) in [4.78, 5) is 12.1. The molecular formula is C17H26N2O. The van der Waals surface area contributed by atoms with Crippen LogP contribution in [-0.2, 0) is 6.42 Å². The highest BCUT2D eigenvalue weighted by atomic mass is 16.2. The van der Waals surface area contributed by atoms with Crippen molar-refractivity contribution in [2.75, 3.05) is 11.9 Å². The standard InChI is InChI=1S/C17H26N2O/c1-3-15-11-7-8-13(2)16(15)19-17(20)18-12-14-9-5-4-6-10-14/h7-8,11,14H,3-6,9-10,12H2,1-2H3,(H2,18,19,20). The highest BCUT2D eigenvalue weighted by Gasteiger charge is 2.15. The molecule has 1 saturated carbocycles. The van der Waals surface area contributed by atoms with Crippen molar-refractivity contribution in [2.45, 2.75) is 52.4 Å². The second-order valence-corrected chi connectivity index (χ2v) is 5.80. The van der Waals surface area contributed by atoms with E-state index in [0.717, 1.165) is 24.2 Å². The van der Waals surface area contributed by atoms with Crippen LogP contribution in [-0.4, -0.2) is 12.6 Å². The van der Waals surface area contributed by atoms with Crippen LogP contribution in [0.25, 0.3) is 0 Å². The summed E-state index contributed by atoms with van der Waals surface area (Å²) in [5, 5.41) is 6.05. The smallest absolute Gasteiger partial charge is 0.319 e. The molecule has 0 spiro atoms. The lowest BCUT2D eigenvalue weighted by Crippen LogP contribution is -2.34. The predicted octanol–water partition coefficient (Wildman–Crippen LogP) is 4.26. The zero-order valence-corrected chi connectivity index (χ0v) is 12.7. The predicted molar refractivity (Wildman–Crippen MR) is 84.2 cm³/mol. The lowest BCUT2D eigenvalue weighted by molar-refractivity contribution is 0.247. The van der Waals surface area contributed by atoms with Crippen molar-refractivity contribution in [3.05, 3.63) is 29.3 Å². The van der Waals surface area contributed by atoms with E-state index in [2.05, 4.69) is 23.6 Å². The van der Waals surface area contributed by atoms with Crippen molar-refractivity contribution in [1.82, 2.24) is 5.32 Å². The van der Waals surface area contributed by atoms with Crippen LogP contribution in [0.2, 0.25) is 0 Å². The third kappa shape index (κ3) is 3.99. The second-order valence-electron chi connectivity index (χ2n) is 5.80. The number of nitrogens with one attached hydrogen (secondary N) is 2. The molecule has 1 aliphatic rings. The van der Waals surface area contributed by atoms with Crippen molar-refractivity contribution in [2.24, 2.45) is 5.92 Å². The normalized spacial score (nSPS) is 15.9. The number of hydrogen-bond donors (Lipinski definition) is 2. The molecule has 0 heterocycles. The molecule has 0 aromatic heterocycles. The van der Waals surface area contributed by atoms with Crippen molar-refractivity contribution < 1.29 is 4.79 Å². The number of carbonyl (C=O) groups excluding carboxylic acids is 1. The van der Waals surface area contributed by atoms with Crippen LogP contribution in [0, 0.1) is 12.8 Å². The molecule has 0 radical (unpaired) electrons. The Morgan fingerprint density at radius 1 is 1.25 bits per heavy atom. The van der Waals surface area contributed by atoms with Crippen LogP contribution in [0.5, 0.6) is 0 Å². The molecule has 2 amide bonds. The average Bonchev–Trinajstić information content (AvgIpc) is 2.48. The topological polar surface area (TPSA) is 41.1 Å². The third-order valence-corrected chi connectivity index (χ3v) is 4.25. The summed E-state index contributed by atoms with van der Waals surface area (Å²) in [6.07, 6.45) is 7.42. The number of carbonyl (C=O) groups is 1. The van der Waals surface area contributed by atoms with Gasteiger partial charge in [0.1, 0.15) is 0 Å². The molecule has 20 heavy (non-hydrogen) atoms. The van der Waals surface area contributed by atoms with Crippen LogP contribution < -0.4 is 10.6 Å². The van der Waals surface area contributed by atoms with E-state index in [-0.39, 0.29) is 6.03 Å². The molecule has 0 aliphatic heterocycles. The van der Waals surface area contributed by atoms with E-state index < -0.39 is 0 Å². The summed E-state index contributed by atoms with van der Waals surface area (Å²) in [6, 6.07) is 6.08. The van der Waals surface area contributed by atoms with E-state index in [1.54, 1.807) is 0 Å². The Bertz CT molecular complexity index is 450. The van der Waals surface area contributed by atoms with Crippen LogP contribution in [0.3, 0.4) is 0 Å². The average molecular weight is 274 g/mol. The van der Waals surface area contributed by atoms with Gasteiger partial charge in [-0.3, -0.25) is 0 Å². The number of benzene rings is 1. The molecule has 1 aromatic carbocycles. The number of rotatable bonds is 4.